The van der Waals surface area contributed by atoms with Crippen molar-refractivity contribution in [3.63, 3.8) is 0 Å². The summed E-state index contributed by atoms with van der Waals surface area (Å²) < 4.78 is 0. The number of rotatable bonds is 4. The van der Waals surface area contributed by atoms with Gasteiger partial charge in [0.2, 0.25) is 11.7 Å². The number of nitrogens with one attached hydrogen (secondary N) is 3. The zero-order chi connectivity index (χ0) is 14.5. The number of benzene rings is 1. The largest absolute Gasteiger partial charge is 0.351 e. The number of hydrogen-bond acceptors (Lipinski definition) is 5. The van der Waals surface area contributed by atoms with Crippen LogP contribution in [0.2, 0.25) is 0 Å². The molecule has 1 fully saturated rings. The van der Waals surface area contributed by atoms with E-state index in [1.165, 1.54) is 0 Å². The fraction of sp³-hybridized carbons (Fsp3) is 0.429. The molecule has 22 heavy (non-hydrogen) atoms. The summed E-state index contributed by atoms with van der Waals surface area (Å²) in [5.41, 5.74) is 1.94. The molecule has 1 saturated heterocycles. The smallest absolute Gasteiger partial charge is 0.237 e. The lowest BCUT2D eigenvalue weighted by Gasteiger charge is -2.22. The van der Waals surface area contributed by atoms with Crippen LogP contribution in [0.4, 0.5) is 0 Å². The number of carbonyl (C=O) groups excluding carboxylic acids is 1. The van der Waals surface area contributed by atoms with Gasteiger partial charge < -0.3 is 10.6 Å². The lowest BCUT2D eigenvalue weighted by atomic mass is 10.0. The minimum absolute atomic E-state index is 0. The molecule has 0 saturated carbocycles. The summed E-state index contributed by atoms with van der Waals surface area (Å²) in [6.07, 6.45) is 3.19. The number of carbonyl (C=O) groups is 1. The Balaban J connectivity index is 0.00000176. The van der Waals surface area contributed by atoms with Crippen LogP contribution in [0.3, 0.4) is 0 Å². The number of nitrogens with zero attached hydrogens (tertiary/aromatic N) is 3. The molecule has 2 heterocycles. The van der Waals surface area contributed by atoms with Crippen molar-refractivity contribution in [3.05, 3.63) is 29.8 Å². The van der Waals surface area contributed by atoms with Crippen LogP contribution < -0.4 is 10.6 Å². The molecule has 1 aliphatic heterocycles. The molecule has 0 spiro atoms. The minimum atomic E-state index is -0.0441. The number of halogens is 1. The quantitative estimate of drug-likeness (QED) is 0.782. The van der Waals surface area contributed by atoms with Crippen molar-refractivity contribution < 1.29 is 4.79 Å². The van der Waals surface area contributed by atoms with E-state index in [0.717, 1.165) is 36.9 Å². The third-order valence-corrected chi connectivity index (χ3v) is 3.65. The first kappa shape index (κ1) is 16.4. The first-order valence-electron chi connectivity index (χ1n) is 7.17. The first-order chi connectivity index (χ1) is 10.3. The molecule has 3 rings (SSSR count). The lowest BCUT2D eigenvalue weighted by Crippen LogP contribution is -2.46. The number of piperidine rings is 1. The van der Waals surface area contributed by atoms with Gasteiger partial charge in [0.25, 0.3) is 0 Å². The predicted molar refractivity (Wildman–Crippen MR) is 84.4 cm³/mol. The summed E-state index contributed by atoms with van der Waals surface area (Å²) in [7, 11) is 0. The van der Waals surface area contributed by atoms with Crippen molar-refractivity contribution in [2.45, 2.75) is 31.8 Å². The maximum atomic E-state index is 12.0. The Morgan fingerprint density at radius 2 is 2.09 bits per heavy atom. The van der Waals surface area contributed by atoms with E-state index in [1.54, 1.807) is 0 Å². The Morgan fingerprint density at radius 1 is 1.27 bits per heavy atom. The molecule has 1 aromatic carbocycles. The summed E-state index contributed by atoms with van der Waals surface area (Å²) in [5, 5.41) is 20.0. The zero-order valence-electron chi connectivity index (χ0n) is 12.1. The number of amides is 1. The highest BCUT2D eigenvalue weighted by Gasteiger charge is 2.19. The summed E-state index contributed by atoms with van der Waals surface area (Å²) in [4.78, 5) is 12.0. The van der Waals surface area contributed by atoms with Gasteiger partial charge in [-0.3, -0.25) is 4.79 Å². The van der Waals surface area contributed by atoms with E-state index in [-0.39, 0.29) is 24.4 Å². The maximum absolute atomic E-state index is 12.0. The third-order valence-electron chi connectivity index (χ3n) is 3.65. The summed E-state index contributed by atoms with van der Waals surface area (Å²) in [5.74, 6) is 0.647. The van der Waals surface area contributed by atoms with Gasteiger partial charge in [-0.15, -0.1) is 22.6 Å². The monoisotopic (exact) mass is 322 g/mol. The number of aromatic nitrogens is 4. The van der Waals surface area contributed by atoms with Crippen molar-refractivity contribution in [3.8, 4) is 11.4 Å². The summed E-state index contributed by atoms with van der Waals surface area (Å²) in [6.45, 7) is 1.46. The van der Waals surface area contributed by atoms with E-state index in [9.17, 15) is 4.79 Å². The maximum Gasteiger partial charge on any atom is 0.237 e. The molecule has 1 amide bonds. The van der Waals surface area contributed by atoms with Crippen LogP contribution in [0.15, 0.2) is 24.3 Å². The van der Waals surface area contributed by atoms with E-state index in [1.807, 2.05) is 24.3 Å². The standard InChI is InChI=1S/C14H18N6O.ClH/c21-14(12-3-1-2-8-15-12)16-9-10-4-6-11(7-5-10)13-17-19-20-18-13;/h4-7,12,15H,1-3,8-9H2,(H,16,21)(H,17,18,19,20);1H. The summed E-state index contributed by atoms with van der Waals surface area (Å²) >= 11 is 0. The molecule has 3 N–H and O–H groups in total. The molecule has 8 heteroatoms. The van der Waals surface area contributed by atoms with Gasteiger partial charge >= 0.3 is 0 Å². The Morgan fingerprint density at radius 3 is 2.73 bits per heavy atom. The van der Waals surface area contributed by atoms with E-state index in [4.69, 9.17) is 0 Å². The molecule has 2 aromatic rings. The number of tetrazole rings is 1. The van der Waals surface area contributed by atoms with Crippen LogP contribution in [0.1, 0.15) is 24.8 Å². The molecule has 1 unspecified atom stereocenters. The van der Waals surface area contributed by atoms with Crippen LogP contribution in [-0.2, 0) is 11.3 Å². The molecule has 0 bridgehead atoms. The molecule has 0 radical (unpaired) electrons. The predicted octanol–water partition coefficient (Wildman–Crippen LogP) is 1.05. The van der Waals surface area contributed by atoms with Gasteiger partial charge in [0, 0.05) is 12.1 Å². The Labute approximate surface area is 134 Å². The molecule has 118 valence electrons. The second kappa shape index (κ2) is 7.86. The first-order valence-corrected chi connectivity index (χ1v) is 7.17. The highest BCUT2D eigenvalue weighted by molar-refractivity contribution is 5.85. The van der Waals surface area contributed by atoms with E-state index in [0.29, 0.717) is 12.4 Å². The van der Waals surface area contributed by atoms with Gasteiger partial charge in [-0.2, -0.15) is 5.21 Å². The number of hydrogen-bond donors (Lipinski definition) is 3. The number of aromatic amines is 1. The van der Waals surface area contributed by atoms with Crippen LogP contribution in [-0.4, -0.2) is 39.1 Å². The van der Waals surface area contributed by atoms with Gasteiger partial charge in [-0.05, 0) is 30.2 Å². The molecule has 0 aliphatic carbocycles. The van der Waals surface area contributed by atoms with E-state index < -0.39 is 0 Å². The highest BCUT2D eigenvalue weighted by atomic mass is 35.5. The molecule has 1 aliphatic rings. The highest BCUT2D eigenvalue weighted by Crippen LogP contribution is 2.14. The van der Waals surface area contributed by atoms with Gasteiger partial charge in [0.05, 0.1) is 6.04 Å². The van der Waals surface area contributed by atoms with Gasteiger partial charge in [-0.25, -0.2) is 0 Å². The minimum Gasteiger partial charge on any atom is -0.351 e. The van der Waals surface area contributed by atoms with Crippen LogP contribution in [0.25, 0.3) is 11.4 Å². The van der Waals surface area contributed by atoms with Crippen LogP contribution in [0, 0.1) is 0 Å². The normalized spacial score (nSPS) is 17.5. The molecule has 1 atom stereocenters. The molecule has 1 aromatic heterocycles. The zero-order valence-corrected chi connectivity index (χ0v) is 12.9. The Hall–Kier alpha value is -1.99. The number of H-pyrrole nitrogens is 1. The van der Waals surface area contributed by atoms with Crippen molar-refractivity contribution in [1.82, 2.24) is 31.3 Å². The molecule has 7 nitrogen and oxygen atoms in total. The topological polar surface area (TPSA) is 95.6 Å². The van der Waals surface area contributed by atoms with Crippen molar-refractivity contribution >= 4 is 18.3 Å². The van der Waals surface area contributed by atoms with Crippen molar-refractivity contribution in [2.24, 2.45) is 0 Å². The van der Waals surface area contributed by atoms with Gasteiger partial charge in [0.15, 0.2) is 0 Å². The van der Waals surface area contributed by atoms with Gasteiger partial charge in [0.1, 0.15) is 0 Å². The van der Waals surface area contributed by atoms with Gasteiger partial charge in [-0.1, -0.05) is 30.7 Å². The third kappa shape index (κ3) is 4.02. The fourth-order valence-electron chi connectivity index (χ4n) is 2.44. The molecular weight excluding hydrogens is 304 g/mol. The van der Waals surface area contributed by atoms with E-state index in [2.05, 4.69) is 31.3 Å². The van der Waals surface area contributed by atoms with Crippen LogP contribution in [0.5, 0.6) is 0 Å². The average molecular weight is 323 g/mol. The van der Waals surface area contributed by atoms with Crippen LogP contribution >= 0.6 is 12.4 Å². The average Bonchev–Trinajstić information content (AvgIpc) is 3.08. The van der Waals surface area contributed by atoms with Crippen molar-refractivity contribution in [2.75, 3.05) is 6.54 Å². The van der Waals surface area contributed by atoms with E-state index >= 15 is 0 Å². The Kier molecular flexibility index (Phi) is 5.85. The van der Waals surface area contributed by atoms with Crippen molar-refractivity contribution in [1.29, 1.82) is 0 Å². The summed E-state index contributed by atoms with van der Waals surface area (Å²) in [6, 6.07) is 7.72. The SMILES string of the molecule is Cl.O=C(NCc1ccc(-c2nn[nH]n2)cc1)C1CCCCN1. The fourth-order valence-corrected chi connectivity index (χ4v) is 2.44. The Bertz CT molecular complexity index is 580. The second-order valence-corrected chi connectivity index (χ2v) is 5.15. The molecular formula is C14H19ClN6O. The lowest BCUT2D eigenvalue weighted by molar-refractivity contribution is -0.123. The second-order valence-electron chi connectivity index (χ2n) is 5.15.